The molecule has 1 aliphatic carbocycles. The summed E-state index contributed by atoms with van der Waals surface area (Å²) < 4.78 is 5.20. The van der Waals surface area contributed by atoms with E-state index in [4.69, 9.17) is 10.5 Å². The number of nitrogens with two attached hydrogens (primary N) is 1. The van der Waals surface area contributed by atoms with Gasteiger partial charge in [-0.3, -0.25) is 0 Å². The van der Waals surface area contributed by atoms with E-state index in [1.807, 2.05) is 0 Å². The van der Waals surface area contributed by atoms with Gasteiger partial charge in [0.15, 0.2) is 0 Å². The Bertz CT molecular complexity index is 186. The molecule has 1 heterocycles. The van der Waals surface area contributed by atoms with E-state index in [0.29, 0.717) is 6.04 Å². The minimum Gasteiger partial charge on any atom is -0.384 e. The van der Waals surface area contributed by atoms with Gasteiger partial charge in [-0.05, 0) is 50.6 Å². The van der Waals surface area contributed by atoms with E-state index >= 15 is 0 Å². The molecule has 1 saturated carbocycles. The Kier molecular flexibility index (Phi) is 4.00. The van der Waals surface area contributed by atoms with Crippen LogP contribution in [0.5, 0.6) is 0 Å². The summed E-state index contributed by atoms with van der Waals surface area (Å²) in [6.45, 7) is 4.48. The van der Waals surface area contributed by atoms with E-state index in [0.717, 1.165) is 25.0 Å². The molecule has 3 nitrogen and oxygen atoms in total. The lowest BCUT2D eigenvalue weighted by Gasteiger charge is -2.33. The van der Waals surface area contributed by atoms with Gasteiger partial charge >= 0.3 is 0 Å². The van der Waals surface area contributed by atoms with Crippen molar-refractivity contribution < 1.29 is 4.74 Å². The van der Waals surface area contributed by atoms with E-state index in [1.165, 1.54) is 38.8 Å². The molecular weight excluding hydrogens is 188 g/mol. The molecule has 3 heteroatoms. The van der Waals surface area contributed by atoms with Crippen LogP contribution in [0.3, 0.4) is 0 Å². The summed E-state index contributed by atoms with van der Waals surface area (Å²) in [5, 5.41) is 0. The van der Waals surface area contributed by atoms with Crippen LogP contribution in [-0.2, 0) is 4.74 Å². The molecule has 0 amide bonds. The predicted octanol–water partition coefficient (Wildman–Crippen LogP) is 1.08. The van der Waals surface area contributed by atoms with Crippen molar-refractivity contribution in [3.05, 3.63) is 0 Å². The van der Waals surface area contributed by atoms with Gasteiger partial charge in [0.05, 0.1) is 0 Å². The average molecular weight is 212 g/mol. The molecular formula is C12H24N2O. The molecule has 0 aromatic carbocycles. The number of ether oxygens (including phenoxy) is 1. The maximum atomic E-state index is 6.14. The topological polar surface area (TPSA) is 38.5 Å². The second-order valence-electron chi connectivity index (χ2n) is 5.20. The fourth-order valence-corrected chi connectivity index (χ4v) is 2.54. The Hall–Kier alpha value is -0.120. The zero-order chi connectivity index (χ0) is 10.7. The Labute approximate surface area is 93.0 Å². The summed E-state index contributed by atoms with van der Waals surface area (Å²) in [5.74, 6) is 1.62. The molecule has 15 heavy (non-hydrogen) atoms. The molecule has 0 aromatic rings. The van der Waals surface area contributed by atoms with Gasteiger partial charge in [-0.2, -0.15) is 0 Å². The van der Waals surface area contributed by atoms with Crippen molar-refractivity contribution in [1.82, 2.24) is 4.90 Å². The quantitative estimate of drug-likeness (QED) is 0.741. The third-order valence-corrected chi connectivity index (χ3v) is 3.81. The number of methoxy groups -OCH3 is 1. The Balaban J connectivity index is 1.64. The van der Waals surface area contributed by atoms with Crippen molar-refractivity contribution >= 4 is 0 Å². The SMILES string of the molecule is COCC1CCN(CC(N)C2CC2)CC1. The van der Waals surface area contributed by atoms with Crippen molar-refractivity contribution in [2.24, 2.45) is 17.6 Å². The van der Waals surface area contributed by atoms with Crippen molar-refractivity contribution in [3.63, 3.8) is 0 Å². The van der Waals surface area contributed by atoms with Gasteiger partial charge in [-0.1, -0.05) is 0 Å². The molecule has 1 aliphatic heterocycles. The molecule has 2 rings (SSSR count). The van der Waals surface area contributed by atoms with Gasteiger partial charge < -0.3 is 15.4 Å². The highest BCUT2D eigenvalue weighted by Crippen LogP contribution is 2.32. The normalized spacial score (nSPS) is 26.8. The number of rotatable bonds is 5. The van der Waals surface area contributed by atoms with Crippen LogP contribution in [0.25, 0.3) is 0 Å². The lowest BCUT2D eigenvalue weighted by molar-refractivity contribution is 0.0961. The van der Waals surface area contributed by atoms with Crippen LogP contribution in [0.2, 0.25) is 0 Å². The third-order valence-electron chi connectivity index (χ3n) is 3.81. The molecule has 2 N–H and O–H groups in total. The summed E-state index contributed by atoms with van der Waals surface area (Å²) in [6, 6.07) is 0.434. The van der Waals surface area contributed by atoms with Gasteiger partial charge in [-0.15, -0.1) is 0 Å². The Morgan fingerprint density at radius 3 is 2.47 bits per heavy atom. The summed E-state index contributed by atoms with van der Waals surface area (Å²) in [4.78, 5) is 2.54. The van der Waals surface area contributed by atoms with Gasteiger partial charge in [0.2, 0.25) is 0 Å². The van der Waals surface area contributed by atoms with E-state index in [-0.39, 0.29) is 0 Å². The molecule has 1 atom stereocenters. The van der Waals surface area contributed by atoms with E-state index in [1.54, 1.807) is 7.11 Å². The smallest absolute Gasteiger partial charge is 0.0491 e. The highest BCUT2D eigenvalue weighted by atomic mass is 16.5. The van der Waals surface area contributed by atoms with Gasteiger partial charge in [0.25, 0.3) is 0 Å². The first-order valence-electron chi connectivity index (χ1n) is 6.26. The first-order chi connectivity index (χ1) is 7.29. The van der Waals surface area contributed by atoms with Crippen LogP contribution < -0.4 is 5.73 Å². The lowest BCUT2D eigenvalue weighted by atomic mass is 9.97. The molecule has 0 radical (unpaired) electrons. The van der Waals surface area contributed by atoms with Crippen LogP contribution in [0, 0.1) is 11.8 Å². The standard InChI is InChI=1S/C12H24N2O/c1-15-9-10-4-6-14(7-5-10)8-12(13)11-2-3-11/h10-12H,2-9,13H2,1H3. The van der Waals surface area contributed by atoms with Crippen LogP contribution in [0.15, 0.2) is 0 Å². The third kappa shape index (κ3) is 3.44. The molecule has 1 unspecified atom stereocenters. The maximum Gasteiger partial charge on any atom is 0.0491 e. The average Bonchev–Trinajstić information content (AvgIpc) is 3.04. The first-order valence-corrected chi connectivity index (χ1v) is 6.26. The number of nitrogens with zero attached hydrogens (tertiary/aromatic N) is 1. The van der Waals surface area contributed by atoms with Crippen LogP contribution in [-0.4, -0.2) is 44.3 Å². The summed E-state index contributed by atoms with van der Waals surface area (Å²) in [6.07, 6.45) is 5.29. The van der Waals surface area contributed by atoms with Crippen molar-refractivity contribution in [2.45, 2.75) is 31.7 Å². The largest absolute Gasteiger partial charge is 0.384 e. The Morgan fingerprint density at radius 1 is 1.27 bits per heavy atom. The Morgan fingerprint density at radius 2 is 1.93 bits per heavy atom. The highest BCUT2D eigenvalue weighted by molar-refractivity contribution is 4.87. The molecule has 0 spiro atoms. The summed E-state index contributed by atoms with van der Waals surface area (Å²) in [7, 11) is 1.80. The van der Waals surface area contributed by atoms with Crippen LogP contribution >= 0.6 is 0 Å². The summed E-state index contributed by atoms with van der Waals surface area (Å²) >= 11 is 0. The van der Waals surface area contributed by atoms with Gasteiger partial charge in [0.1, 0.15) is 0 Å². The molecule has 0 bridgehead atoms. The second kappa shape index (κ2) is 5.28. The minimum absolute atomic E-state index is 0.434. The number of piperidine rings is 1. The zero-order valence-electron chi connectivity index (χ0n) is 9.82. The highest BCUT2D eigenvalue weighted by Gasteiger charge is 2.30. The summed E-state index contributed by atoms with van der Waals surface area (Å²) in [5.41, 5.74) is 6.14. The lowest BCUT2D eigenvalue weighted by Crippen LogP contribution is -2.43. The second-order valence-corrected chi connectivity index (χ2v) is 5.20. The molecule has 88 valence electrons. The van der Waals surface area contributed by atoms with Crippen molar-refractivity contribution in [3.8, 4) is 0 Å². The number of hydrogen-bond acceptors (Lipinski definition) is 3. The van der Waals surface area contributed by atoms with Gasteiger partial charge in [0, 0.05) is 26.3 Å². The minimum atomic E-state index is 0.434. The monoisotopic (exact) mass is 212 g/mol. The van der Waals surface area contributed by atoms with Crippen molar-refractivity contribution in [1.29, 1.82) is 0 Å². The van der Waals surface area contributed by atoms with E-state index in [9.17, 15) is 0 Å². The number of hydrogen-bond donors (Lipinski definition) is 1. The predicted molar refractivity (Wildman–Crippen MR) is 61.7 cm³/mol. The van der Waals surface area contributed by atoms with Gasteiger partial charge in [-0.25, -0.2) is 0 Å². The number of likely N-dealkylation sites (tertiary alicyclic amines) is 1. The van der Waals surface area contributed by atoms with Crippen LogP contribution in [0.1, 0.15) is 25.7 Å². The fraction of sp³-hybridized carbons (Fsp3) is 1.00. The molecule has 2 fully saturated rings. The zero-order valence-corrected chi connectivity index (χ0v) is 9.82. The van der Waals surface area contributed by atoms with E-state index < -0.39 is 0 Å². The molecule has 0 aromatic heterocycles. The van der Waals surface area contributed by atoms with Crippen molar-refractivity contribution in [2.75, 3.05) is 33.4 Å². The van der Waals surface area contributed by atoms with Crippen LogP contribution in [0.4, 0.5) is 0 Å². The van der Waals surface area contributed by atoms with E-state index in [2.05, 4.69) is 4.90 Å². The molecule has 2 aliphatic rings. The first kappa shape index (κ1) is 11.4. The molecule has 1 saturated heterocycles. The maximum absolute atomic E-state index is 6.14. The fourth-order valence-electron chi connectivity index (χ4n) is 2.54.